The van der Waals surface area contributed by atoms with E-state index in [9.17, 15) is 8.42 Å². The molecule has 0 spiro atoms. The highest BCUT2D eigenvalue weighted by molar-refractivity contribution is 7.91. The standard InChI is InChI=1S/C17H21N3O3S/c21-24(22)9-8-15(12-24)20(10-13-4-2-1-3-5-13)11-16-18-17(19-23-16)14-6-7-14/h1-5,14-15H,6-12H2. The van der Waals surface area contributed by atoms with Crippen LogP contribution in [-0.4, -0.2) is 41.0 Å². The van der Waals surface area contributed by atoms with Gasteiger partial charge in [-0.25, -0.2) is 8.42 Å². The molecule has 1 saturated carbocycles. The van der Waals surface area contributed by atoms with E-state index in [1.165, 1.54) is 0 Å². The maximum atomic E-state index is 11.9. The molecule has 1 aromatic carbocycles. The minimum Gasteiger partial charge on any atom is -0.338 e. The average molecular weight is 347 g/mol. The summed E-state index contributed by atoms with van der Waals surface area (Å²) in [7, 11) is -2.93. The van der Waals surface area contributed by atoms with Crippen molar-refractivity contribution in [2.24, 2.45) is 0 Å². The van der Waals surface area contributed by atoms with E-state index in [-0.39, 0.29) is 17.5 Å². The van der Waals surface area contributed by atoms with Crippen molar-refractivity contribution in [1.29, 1.82) is 0 Å². The summed E-state index contributed by atoms with van der Waals surface area (Å²) in [5.41, 5.74) is 1.16. The van der Waals surface area contributed by atoms with Crippen molar-refractivity contribution in [3.8, 4) is 0 Å². The molecule has 2 aliphatic rings. The Morgan fingerprint density at radius 3 is 2.58 bits per heavy atom. The molecule has 2 aromatic rings. The van der Waals surface area contributed by atoms with E-state index in [0.717, 1.165) is 24.2 Å². The first-order valence-electron chi connectivity index (χ1n) is 8.40. The van der Waals surface area contributed by atoms with E-state index in [1.54, 1.807) is 0 Å². The fourth-order valence-electron chi connectivity index (χ4n) is 3.21. The van der Waals surface area contributed by atoms with Crippen molar-refractivity contribution in [1.82, 2.24) is 15.0 Å². The van der Waals surface area contributed by atoms with Gasteiger partial charge in [0.2, 0.25) is 5.89 Å². The topological polar surface area (TPSA) is 76.3 Å². The summed E-state index contributed by atoms with van der Waals surface area (Å²) in [4.78, 5) is 6.65. The van der Waals surface area contributed by atoms with E-state index in [2.05, 4.69) is 27.2 Å². The molecular formula is C17H21N3O3S. The van der Waals surface area contributed by atoms with Crippen LogP contribution in [0.3, 0.4) is 0 Å². The number of rotatable bonds is 6. The lowest BCUT2D eigenvalue weighted by atomic mass is 10.1. The highest BCUT2D eigenvalue weighted by Crippen LogP contribution is 2.38. The lowest BCUT2D eigenvalue weighted by Gasteiger charge is -2.26. The van der Waals surface area contributed by atoms with Gasteiger partial charge in [0.1, 0.15) is 0 Å². The largest absolute Gasteiger partial charge is 0.338 e. The van der Waals surface area contributed by atoms with Gasteiger partial charge < -0.3 is 4.52 Å². The van der Waals surface area contributed by atoms with Gasteiger partial charge in [-0.1, -0.05) is 35.5 Å². The summed E-state index contributed by atoms with van der Waals surface area (Å²) < 4.78 is 29.1. The highest BCUT2D eigenvalue weighted by atomic mass is 32.2. The minimum atomic E-state index is -2.93. The van der Waals surface area contributed by atoms with Gasteiger partial charge in [-0.3, -0.25) is 4.90 Å². The van der Waals surface area contributed by atoms with E-state index < -0.39 is 9.84 Å². The minimum absolute atomic E-state index is 0.00600. The van der Waals surface area contributed by atoms with Crippen molar-refractivity contribution in [3.63, 3.8) is 0 Å². The lowest BCUT2D eigenvalue weighted by molar-refractivity contribution is 0.169. The third kappa shape index (κ3) is 3.67. The zero-order chi connectivity index (χ0) is 16.6. The molecule has 0 radical (unpaired) electrons. The summed E-state index contributed by atoms with van der Waals surface area (Å²) in [5.74, 6) is 2.31. The van der Waals surface area contributed by atoms with Gasteiger partial charge in [-0.05, 0) is 24.8 Å². The van der Waals surface area contributed by atoms with Crippen molar-refractivity contribution in [3.05, 3.63) is 47.6 Å². The van der Waals surface area contributed by atoms with Gasteiger partial charge in [-0.2, -0.15) is 4.98 Å². The normalized spacial score (nSPS) is 23.0. The zero-order valence-corrected chi connectivity index (χ0v) is 14.3. The molecule has 2 heterocycles. The fourth-order valence-corrected chi connectivity index (χ4v) is 4.97. The van der Waals surface area contributed by atoms with Gasteiger partial charge in [0.15, 0.2) is 15.7 Å². The Labute approximate surface area is 141 Å². The number of hydrogen-bond acceptors (Lipinski definition) is 6. The molecule has 24 heavy (non-hydrogen) atoms. The van der Waals surface area contributed by atoms with Gasteiger partial charge in [0.05, 0.1) is 18.1 Å². The molecule has 1 saturated heterocycles. The summed E-state index contributed by atoms with van der Waals surface area (Å²) in [6.45, 7) is 1.18. The van der Waals surface area contributed by atoms with Crippen LogP contribution >= 0.6 is 0 Å². The van der Waals surface area contributed by atoms with Crippen LogP contribution in [0.4, 0.5) is 0 Å². The number of aromatic nitrogens is 2. The predicted octanol–water partition coefficient (Wildman–Crippen LogP) is 2.14. The summed E-state index contributed by atoms with van der Waals surface area (Å²) in [6, 6.07) is 10.1. The van der Waals surface area contributed by atoms with E-state index in [0.29, 0.717) is 31.3 Å². The van der Waals surface area contributed by atoms with Crippen LogP contribution in [-0.2, 0) is 22.9 Å². The van der Waals surface area contributed by atoms with Crippen LogP contribution in [0, 0.1) is 0 Å². The molecule has 1 aliphatic heterocycles. The van der Waals surface area contributed by atoms with Crippen molar-refractivity contribution < 1.29 is 12.9 Å². The Hall–Kier alpha value is -1.73. The fraction of sp³-hybridized carbons (Fsp3) is 0.529. The molecule has 1 aliphatic carbocycles. The van der Waals surface area contributed by atoms with Crippen LogP contribution < -0.4 is 0 Å². The first-order valence-corrected chi connectivity index (χ1v) is 10.2. The van der Waals surface area contributed by atoms with Gasteiger partial charge in [0.25, 0.3) is 0 Å². The van der Waals surface area contributed by atoms with Crippen LogP contribution in [0.15, 0.2) is 34.9 Å². The lowest BCUT2D eigenvalue weighted by Crippen LogP contribution is -2.35. The van der Waals surface area contributed by atoms with Crippen molar-refractivity contribution in [2.45, 2.75) is 44.3 Å². The van der Waals surface area contributed by atoms with Crippen LogP contribution in [0.25, 0.3) is 0 Å². The molecule has 128 valence electrons. The molecule has 6 nitrogen and oxygen atoms in total. The molecule has 4 rings (SSSR count). The Kier molecular flexibility index (Phi) is 4.14. The Balaban J connectivity index is 1.52. The molecule has 1 atom stereocenters. The first kappa shape index (κ1) is 15.8. The molecule has 0 bridgehead atoms. The van der Waals surface area contributed by atoms with Crippen molar-refractivity contribution >= 4 is 9.84 Å². The summed E-state index contributed by atoms with van der Waals surface area (Å²) in [5, 5.41) is 4.06. The van der Waals surface area contributed by atoms with Crippen molar-refractivity contribution in [2.75, 3.05) is 11.5 Å². The molecule has 0 amide bonds. The smallest absolute Gasteiger partial charge is 0.240 e. The summed E-state index contributed by atoms with van der Waals surface area (Å²) in [6.07, 6.45) is 2.93. The van der Waals surface area contributed by atoms with Crippen LogP contribution in [0.2, 0.25) is 0 Å². The Morgan fingerprint density at radius 2 is 1.92 bits per heavy atom. The third-order valence-electron chi connectivity index (χ3n) is 4.72. The second-order valence-corrected chi connectivity index (χ2v) is 9.00. The second kappa shape index (κ2) is 6.29. The van der Waals surface area contributed by atoms with Gasteiger partial charge in [0, 0.05) is 18.5 Å². The number of nitrogens with zero attached hydrogens (tertiary/aromatic N) is 3. The van der Waals surface area contributed by atoms with Gasteiger partial charge >= 0.3 is 0 Å². The summed E-state index contributed by atoms with van der Waals surface area (Å²) >= 11 is 0. The maximum Gasteiger partial charge on any atom is 0.240 e. The molecule has 1 unspecified atom stereocenters. The quantitative estimate of drug-likeness (QED) is 0.797. The highest BCUT2D eigenvalue weighted by Gasteiger charge is 2.34. The molecule has 7 heteroatoms. The maximum absolute atomic E-state index is 11.9. The van der Waals surface area contributed by atoms with E-state index >= 15 is 0 Å². The number of benzene rings is 1. The van der Waals surface area contributed by atoms with Crippen LogP contribution in [0.1, 0.15) is 42.5 Å². The monoisotopic (exact) mass is 347 g/mol. The number of sulfone groups is 1. The molecular weight excluding hydrogens is 326 g/mol. The predicted molar refractivity (Wildman–Crippen MR) is 89.0 cm³/mol. The van der Waals surface area contributed by atoms with E-state index in [1.807, 2.05) is 18.2 Å². The molecule has 1 aromatic heterocycles. The van der Waals surface area contributed by atoms with Gasteiger partial charge in [-0.15, -0.1) is 0 Å². The Morgan fingerprint density at radius 1 is 1.12 bits per heavy atom. The Bertz CT molecular complexity index is 799. The molecule has 2 fully saturated rings. The zero-order valence-electron chi connectivity index (χ0n) is 13.5. The molecule has 0 N–H and O–H groups in total. The number of hydrogen-bond donors (Lipinski definition) is 0. The van der Waals surface area contributed by atoms with E-state index in [4.69, 9.17) is 4.52 Å². The third-order valence-corrected chi connectivity index (χ3v) is 6.47. The SMILES string of the molecule is O=S1(=O)CCC(N(Cc2ccccc2)Cc2nc(C3CC3)no2)C1. The first-order chi connectivity index (χ1) is 11.6. The average Bonchev–Trinajstić information content (AvgIpc) is 3.20. The second-order valence-electron chi connectivity index (χ2n) is 6.77. The van der Waals surface area contributed by atoms with Crippen LogP contribution in [0.5, 0.6) is 0 Å².